The lowest BCUT2D eigenvalue weighted by Gasteiger charge is -2.08. The molecule has 0 aromatic heterocycles. The van der Waals surface area contributed by atoms with Gasteiger partial charge in [0.25, 0.3) is 0 Å². The van der Waals surface area contributed by atoms with Crippen LogP contribution in [0.2, 0.25) is 0 Å². The van der Waals surface area contributed by atoms with E-state index in [1.54, 1.807) is 7.05 Å². The molecule has 0 aliphatic heterocycles. The molecule has 1 aromatic carbocycles. The molecule has 0 saturated carbocycles. The maximum absolute atomic E-state index is 12.1. The van der Waals surface area contributed by atoms with Crippen molar-refractivity contribution in [3.8, 4) is 0 Å². The van der Waals surface area contributed by atoms with Crippen LogP contribution in [0.15, 0.2) is 34.1 Å². The van der Waals surface area contributed by atoms with Gasteiger partial charge in [-0.1, -0.05) is 0 Å². The molecule has 0 spiro atoms. The summed E-state index contributed by atoms with van der Waals surface area (Å²) < 4.78 is 62.5. The van der Waals surface area contributed by atoms with E-state index in [-0.39, 0.29) is 40.5 Å². The topological polar surface area (TPSA) is 58.2 Å². The van der Waals surface area contributed by atoms with E-state index in [0.29, 0.717) is 13.0 Å². The fourth-order valence-corrected chi connectivity index (χ4v) is 2.99. The second-order valence-electron chi connectivity index (χ2n) is 3.87. The van der Waals surface area contributed by atoms with Gasteiger partial charge in [0, 0.05) is 11.4 Å². The number of alkyl halides is 3. The Morgan fingerprint density at radius 1 is 1.14 bits per heavy atom. The van der Waals surface area contributed by atoms with Gasteiger partial charge in [-0.05, 0) is 56.0 Å². The number of hydrogen-bond donors (Lipinski definition) is 2. The van der Waals surface area contributed by atoms with Crippen LogP contribution in [0.1, 0.15) is 6.42 Å². The molecule has 0 bridgehead atoms. The average molecular weight is 365 g/mol. The number of halogens is 4. The third kappa shape index (κ3) is 7.91. The first kappa shape index (κ1) is 20.5. The summed E-state index contributed by atoms with van der Waals surface area (Å²) in [4.78, 5) is -0.0971. The third-order valence-electron chi connectivity index (χ3n) is 2.26. The van der Waals surface area contributed by atoms with Gasteiger partial charge in [0.15, 0.2) is 0 Å². The molecule has 0 aliphatic carbocycles. The van der Waals surface area contributed by atoms with Gasteiger partial charge in [-0.15, -0.1) is 12.4 Å². The molecule has 0 radical (unpaired) electrons. The molecule has 1 rings (SSSR count). The zero-order valence-electron chi connectivity index (χ0n) is 11.1. The van der Waals surface area contributed by atoms with Crippen LogP contribution in [0.5, 0.6) is 0 Å². The molecule has 0 atom stereocenters. The van der Waals surface area contributed by atoms with Crippen LogP contribution in [-0.4, -0.2) is 34.1 Å². The Morgan fingerprint density at radius 3 is 2.19 bits per heavy atom. The number of thioether (sulfide) groups is 1. The van der Waals surface area contributed by atoms with Crippen LogP contribution in [-0.2, 0) is 10.0 Å². The van der Waals surface area contributed by atoms with Crippen LogP contribution >= 0.6 is 24.2 Å². The standard InChI is InChI=1S/C11H15F3N2O2S2.ClH/c1-15-7-2-8-16-20(17,18)10-5-3-9(4-6-10)19-11(12,13)14;/h3-6,15-16H,2,7-8H2,1H3;1H. The molecule has 122 valence electrons. The highest BCUT2D eigenvalue weighted by Crippen LogP contribution is 2.36. The molecule has 21 heavy (non-hydrogen) atoms. The zero-order valence-corrected chi connectivity index (χ0v) is 13.6. The Balaban J connectivity index is 0.00000400. The first-order valence-corrected chi connectivity index (χ1v) is 8.04. The largest absolute Gasteiger partial charge is 0.446 e. The van der Waals surface area contributed by atoms with Crippen molar-refractivity contribution < 1.29 is 21.6 Å². The highest BCUT2D eigenvalue weighted by atomic mass is 35.5. The van der Waals surface area contributed by atoms with Crippen molar-refractivity contribution in [2.45, 2.75) is 21.7 Å². The summed E-state index contributed by atoms with van der Waals surface area (Å²) in [6, 6.07) is 4.60. The van der Waals surface area contributed by atoms with Gasteiger partial charge in [-0.3, -0.25) is 0 Å². The predicted molar refractivity (Wildman–Crippen MR) is 79.3 cm³/mol. The lowest BCUT2D eigenvalue weighted by Crippen LogP contribution is -2.26. The van der Waals surface area contributed by atoms with Crippen molar-refractivity contribution in [2.75, 3.05) is 20.1 Å². The first-order chi connectivity index (χ1) is 9.24. The summed E-state index contributed by atoms with van der Waals surface area (Å²) in [7, 11) is -1.91. The van der Waals surface area contributed by atoms with E-state index in [1.807, 2.05) is 0 Å². The van der Waals surface area contributed by atoms with Crippen LogP contribution in [0.25, 0.3) is 0 Å². The molecular weight excluding hydrogens is 349 g/mol. The summed E-state index contributed by atoms with van der Waals surface area (Å²) in [6.45, 7) is 0.936. The van der Waals surface area contributed by atoms with Gasteiger partial charge in [-0.2, -0.15) is 13.2 Å². The maximum Gasteiger partial charge on any atom is 0.446 e. The van der Waals surface area contributed by atoms with Crippen molar-refractivity contribution >= 4 is 34.2 Å². The Kier molecular flexibility index (Phi) is 8.64. The van der Waals surface area contributed by atoms with Crippen molar-refractivity contribution in [2.24, 2.45) is 0 Å². The van der Waals surface area contributed by atoms with Gasteiger partial charge in [0.1, 0.15) is 0 Å². The summed E-state index contributed by atoms with van der Waals surface area (Å²) in [5.41, 5.74) is -4.38. The number of nitrogens with one attached hydrogen (secondary N) is 2. The average Bonchev–Trinajstić information content (AvgIpc) is 2.33. The van der Waals surface area contributed by atoms with Gasteiger partial charge >= 0.3 is 5.51 Å². The van der Waals surface area contributed by atoms with E-state index in [9.17, 15) is 21.6 Å². The van der Waals surface area contributed by atoms with Crippen LogP contribution in [0.3, 0.4) is 0 Å². The molecule has 1 aromatic rings. The van der Waals surface area contributed by atoms with E-state index >= 15 is 0 Å². The molecule has 0 fully saturated rings. The van der Waals surface area contributed by atoms with Gasteiger partial charge in [-0.25, -0.2) is 13.1 Å². The van der Waals surface area contributed by atoms with E-state index in [2.05, 4.69) is 10.0 Å². The van der Waals surface area contributed by atoms with Gasteiger partial charge in [0.2, 0.25) is 10.0 Å². The Labute approximate surface area is 132 Å². The molecule has 0 aliphatic rings. The summed E-state index contributed by atoms with van der Waals surface area (Å²) in [5.74, 6) is 0. The van der Waals surface area contributed by atoms with E-state index < -0.39 is 15.5 Å². The number of benzene rings is 1. The summed E-state index contributed by atoms with van der Waals surface area (Å²) in [6.07, 6.45) is 0.623. The van der Waals surface area contributed by atoms with Crippen molar-refractivity contribution in [3.05, 3.63) is 24.3 Å². The van der Waals surface area contributed by atoms with Crippen LogP contribution in [0.4, 0.5) is 13.2 Å². The lowest BCUT2D eigenvalue weighted by molar-refractivity contribution is -0.0328. The Morgan fingerprint density at radius 2 is 1.71 bits per heavy atom. The van der Waals surface area contributed by atoms with Crippen molar-refractivity contribution in [3.63, 3.8) is 0 Å². The second kappa shape index (κ2) is 8.84. The highest BCUT2D eigenvalue weighted by Gasteiger charge is 2.29. The fraction of sp³-hybridized carbons (Fsp3) is 0.455. The molecule has 2 N–H and O–H groups in total. The zero-order chi connectivity index (χ0) is 15.2. The molecular formula is C11H16ClF3N2O2S2. The van der Waals surface area contributed by atoms with Crippen molar-refractivity contribution in [1.82, 2.24) is 10.0 Å². The van der Waals surface area contributed by atoms with Crippen LogP contribution < -0.4 is 10.0 Å². The van der Waals surface area contributed by atoms with E-state index in [4.69, 9.17) is 0 Å². The molecule has 4 nitrogen and oxygen atoms in total. The van der Waals surface area contributed by atoms with E-state index in [0.717, 1.165) is 24.3 Å². The maximum atomic E-state index is 12.1. The van der Waals surface area contributed by atoms with Gasteiger partial charge < -0.3 is 5.32 Å². The normalized spacial score (nSPS) is 12.0. The number of hydrogen-bond acceptors (Lipinski definition) is 4. The molecule has 0 heterocycles. The Bertz CT molecular complexity index is 521. The van der Waals surface area contributed by atoms with E-state index in [1.165, 1.54) is 0 Å². The third-order valence-corrected chi connectivity index (χ3v) is 4.48. The second-order valence-corrected chi connectivity index (χ2v) is 6.78. The minimum absolute atomic E-state index is 0. The monoisotopic (exact) mass is 364 g/mol. The highest BCUT2D eigenvalue weighted by molar-refractivity contribution is 8.00. The lowest BCUT2D eigenvalue weighted by atomic mass is 10.4. The fourth-order valence-electron chi connectivity index (χ4n) is 1.38. The molecule has 0 unspecified atom stereocenters. The number of sulfonamides is 1. The van der Waals surface area contributed by atoms with Gasteiger partial charge in [0.05, 0.1) is 4.90 Å². The minimum atomic E-state index is -4.38. The number of rotatable bonds is 7. The van der Waals surface area contributed by atoms with Crippen LogP contribution in [0, 0.1) is 0 Å². The SMILES string of the molecule is CNCCCNS(=O)(=O)c1ccc(SC(F)(F)F)cc1.Cl. The quantitative estimate of drug-likeness (QED) is 0.577. The molecule has 0 amide bonds. The molecule has 10 heteroatoms. The molecule has 0 saturated heterocycles. The first-order valence-electron chi connectivity index (χ1n) is 5.75. The smallest absolute Gasteiger partial charge is 0.320 e. The summed E-state index contributed by atoms with van der Waals surface area (Å²) >= 11 is -0.279. The van der Waals surface area contributed by atoms with Crippen molar-refractivity contribution in [1.29, 1.82) is 0 Å². The minimum Gasteiger partial charge on any atom is -0.320 e. The predicted octanol–water partition coefficient (Wildman–Crippen LogP) is 2.61. The summed E-state index contributed by atoms with van der Waals surface area (Å²) in [5, 5.41) is 2.88. The Hall–Kier alpha value is -0.480.